The van der Waals surface area contributed by atoms with E-state index >= 15 is 0 Å². The van der Waals surface area contributed by atoms with E-state index in [-0.39, 0.29) is 5.75 Å². The Hall–Kier alpha value is -3.52. The molecule has 1 N–H and O–H groups in total. The van der Waals surface area contributed by atoms with Gasteiger partial charge in [-0.25, -0.2) is 15.0 Å². The Morgan fingerprint density at radius 2 is 1.78 bits per heavy atom. The molecule has 0 saturated carbocycles. The maximum atomic E-state index is 12.8. The van der Waals surface area contributed by atoms with E-state index < -0.39 is 11.7 Å². The number of rotatable bonds is 3. The number of phenols is 1. The van der Waals surface area contributed by atoms with Gasteiger partial charge in [-0.3, -0.25) is 4.90 Å². The van der Waals surface area contributed by atoms with Crippen molar-refractivity contribution < 1.29 is 18.3 Å². The van der Waals surface area contributed by atoms with Gasteiger partial charge in [-0.05, 0) is 24.3 Å². The second kappa shape index (κ2) is 7.87. The first kappa shape index (κ1) is 20.4. The van der Waals surface area contributed by atoms with Crippen molar-refractivity contribution in [2.24, 2.45) is 0 Å². The van der Waals surface area contributed by atoms with Crippen molar-refractivity contribution in [3.05, 3.63) is 83.3 Å². The largest absolute Gasteiger partial charge is 0.506 e. The van der Waals surface area contributed by atoms with E-state index in [1.54, 1.807) is 18.3 Å². The molecule has 162 valence electrons. The normalized spacial score (nSPS) is 14.5. The first-order valence-corrected chi connectivity index (χ1v) is 10.2. The number of aromatic hydroxyl groups is 1. The van der Waals surface area contributed by atoms with E-state index in [9.17, 15) is 18.3 Å². The SMILES string of the molecule is Oc1cccc2ccc(CN3CCc4nc(-c5ccc(C(F)(F)F)cc5)ncc4C3)nc12. The minimum atomic E-state index is -4.36. The Kier molecular flexibility index (Phi) is 5.01. The summed E-state index contributed by atoms with van der Waals surface area (Å²) in [6.07, 6.45) is -1.90. The molecule has 5 nitrogen and oxygen atoms in total. The molecular weight excluding hydrogens is 417 g/mol. The summed E-state index contributed by atoms with van der Waals surface area (Å²) in [5.74, 6) is 0.593. The molecule has 0 bridgehead atoms. The summed E-state index contributed by atoms with van der Waals surface area (Å²) in [5, 5.41) is 10.9. The zero-order valence-electron chi connectivity index (χ0n) is 17.0. The van der Waals surface area contributed by atoms with Crippen LogP contribution in [0.1, 0.15) is 22.5 Å². The van der Waals surface area contributed by atoms with Crippen LogP contribution in [-0.4, -0.2) is 31.5 Å². The maximum absolute atomic E-state index is 12.8. The van der Waals surface area contributed by atoms with Crippen molar-refractivity contribution in [3.8, 4) is 17.1 Å². The van der Waals surface area contributed by atoms with Crippen molar-refractivity contribution in [1.29, 1.82) is 0 Å². The molecule has 0 aliphatic carbocycles. The number of alkyl halides is 3. The molecule has 4 aromatic rings. The molecule has 8 heteroatoms. The van der Waals surface area contributed by atoms with Gasteiger partial charge in [-0.1, -0.05) is 30.3 Å². The first-order valence-electron chi connectivity index (χ1n) is 10.2. The number of benzene rings is 2. The van der Waals surface area contributed by atoms with Gasteiger partial charge >= 0.3 is 6.18 Å². The van der Waals surface area contributed by atoms with Crippen molar-refractivity contribution >= 4 is 10.9 Å². The average molecular weight is 436 g/mol. The fourth-order valence-corrected chi connectivity index (χ4v) is 3.95. The van der Waals surface area contributed by atoms with Crippen LogP contribution < -0.4 is 0 Å². The van der Waals surface area contributed by atoms with Gasteiger partial charge in [-0.2, -0.15) is 13.2 Å². The first-order chi connectivity index (χ1) is 15.4. The highest BCUT2D eigenvalue weighted by Gasteiger charge is 2.30. The number of para-hydroxylation sites is 1. The number of hydrogen-bond donors (Lipinski definition) is 1. The molecule has 5 rings (SSSR count). The van der Waals surface area contributed by atoms with Gasteiger partial charge in [0, 0.05) is 48.8 Å². The minimum absolute atomic E-state index is 0.164. The van der Waals surface area contributed by atoms with Gasteiger partial charge in [0.15, 0.2) is 5.82 Å². The highest BCUT2D eigenvalue weighted by atomic mass is 19.4. The molecule has 32 heavy (non-hydrogen) atoms. The van der Waals surface area contributed by atoms with Crippen LogP contribution in [0, 0.1) is 0 Å². The zero-order chi connectivity index (χ0) is 22.3. The van der Waals surface area contributed by atoms with Crippen LogP contribution in [0.4, 0.5) is 13.2 Å². The van der Waals surface area contributed by atoms with Gasteiger partial charge in [0.1, 0.15) is 11.3 Å². The lowest BCUT2D eigenvalue weighted by molar-refractivity contribution is -0.137. The van der Waals surface area contributed by atoms with Gasteiger partial charge < -0.3 is 5.11 Å². The smallest absolute Gasteiger partial charge is 0.416 e. The second-order valence-electron chi connectivity index (χ2n) is 7.85. The molecule has 0 saturated heterocycles. The van der Waals surface area contributed by atoms with Crippen LogP contribution in [0.25, 0.3) is 22.3 Å². The van der Waals surface area contributed by atoms with E-state index in [1.165, 1.54) is 12.1 Å². The number of nitrogens with zero attached hydrogens (tertiary/aromatic N) is 4. The average Bonchev–Trinajstić information content (AvgIpc) is 2.79. The summed E-state index contributed by atoms with van der Waals surface area (Å²) in [5.41, 5.74) is 3.23. The molecule has 0 spiro atoms. The van der Waals surface area contributed by atoms with Crippen molar-refractivity contribution in [2.45, 2.75) is 25.7 Å². The molecule has 0 atom stereocenters. The maximum Gasteiger partial charge on any atom is 0.416 e. The highest BCUT2D eigenvalue weighted by molar-refractivity contribution is 5.84. The Morgan fingerprint density at radius 1 is 0.969 bits per heavy atom. The van der Waals surface area contributed by atoms with Crippen LogP contribution >= 0.6 is 0 Å². The topological polar surface area (TPSA) is 62.1 Å². The number of halogens is 3. The van der Waals surface area contributed by atoms with Gasteiger partial charge in [-0.15, -0.1) is 0 Å². The summed E-state index contributed by atoms with van der Waals surface area (Å²) in [4.78, 5) is 15.8. The predicted octanol–water partition coefficient (Wildman–Crippen LogP) is 4.97. The summed E-state index contributed by atoms with van der Waals surface area (Å²) in [7, 11) is 0. The Bertz CT molecular complexity index is 1290. The molecule has 0 amide bonds. The fourth-order valence-electron chi connectivity index (χ4n) is 3.95. The number of phenolic OH excluding ortho intramolecular Hbond substituents is 1. The Morgan fingerprint density at radius 3 is 2.56 bits per heavy atom. The van der Waals surface area contributed by atoms with E-state index in [1.807, 2.05) is 18.2 Å². The van der Waals surface area contributed by atoms with Gasteiger partial charge in [0.2, 0.25) is 0 Å². The molecule has 1 aliphatic rings. The number of hydrogen-bond acceptors (Lipinski definition) is 5. The zero-order valence-corrected chi connectivity index (χ0v) is 17.0. The minimum Gasteiger partial charge on any atom is -0.506 e. The van der Waals surface area contributed by atoms with Gasteiger partial charge in [0.25, 0.3) is 0 Å². The van der Waals surface area contributed by atoms with E-state index in [0.29, 0.717) is 36.4 Å². The lowest BCUT2D eigenvalue weighted by atomic mass is 10.1. The van der Waals surface area contributed by atoms with E-state index in [2.05, 4.69) is 19.9 Å². The molecule has 0 fully saturated rings. The lowest BCUT2D eigenvalue weighted by Gasteiger charge is -2.27. The predicted molar refractivity (Wildman–Crippen MR) is 114 cm³/mol. The summed E-state index contributed by atoms with van der Waals surface area (Å²) in [6, 6.07) is 14.1. The van der Waals surface area contributed by atoms with Crippen LogP contribution in [0.3, 0.4) is 0 Å². The van der Waals surface area contributed by atoms with E-state index in [4.69, 9.17) is 0 Å². The second-order valence-corrected chi connectivity index (χ2v) is 7.85. The summed E-state index contributed by atoms with van der Waals surface area (Å²) in [6.45, 7) is 2.06. The molecular formula is C24H19F3N4O. The summed E-state index contributed by atoms with van der Waals surface area (Å²) < 4.78 is 38.4. The third-order valence-electron chi connectivity index (χ3n) is 5.63. The highest BCUT2D eigenvalue weighted by Crippen LogP contribution is 2.31. The summed E-state index contributed by atoms with van der Waals surface area (Å²) >= 11 is 0. The van der Waals surface area contributed by atoms with Crippen LogP contribution in [-0.2, 0) is 25.7 Å². The standard InChI is InChI=1S/C24H19F3N4O/c25-24(26,27)18-7-4-16(5-8-18)23-28-12-17-13-31(11-10-20(17)30-23)14-19-9-6-15-2-1-3-21(32)22(15)29-19/h1-9,12,32H,10-11,13-14H2. The van der Waals surface area contributed by atoms with Crippen molar-refractivity contribution in [1.82, 2.24) is 19.9 Å². The fraction of sp³-hybridized carbons (Fsp3) is 0.208. The van der Waals surface area contributed by atoms with Gasteiger partial charge in [0.05, 0.1) is 17.0 Å². The lowest BCUT2D eigenvalue weighted by Crippen LogP contribution is -2.31. The van der Waals surface area contributed by atoms with Crippen LogP contribution in [0.15, 0.2) is 60.8 Å². The Balaban J connectivity index is 1.32. The quantitative estimate of drug-likeness (QED) is 0.491. The van der Waals surface area contributed by atoms with Crippen LogP contribution in [0.2, 0.25) is 0 Å². The Labute approximate surface area is 182 Å². The molecule has 3 heterocycles. The number of fused-ring (bicyclic) bond motifs is 2. The molecule has 1 aliphatic heterocycles. The monoisotopic (exact) mass is 436 g/mol. The number of pyridine rings is 1. The molecule has 2 aromatic heterocycles. The molecule has 2 aromatic carbocycles. The van der Waals surface area contributed by atoms with E-state index in [0.717, 1.165) is 41.0 Å². The molecule has 0 unspecified atom stereocenters. The third-order valence-corrected chi connectivity index (χ3v) is 5.63. The molecule has 0 radical (unpaired) electrons. The van der Waals surface area contributed by atoms with Crippen molar-refractivity contribution in [3.63, 3.8) is 0 Å². The number of aromatic nitrogens is 3. The van der Waals surface area contributed by atoms with Crippen molar-refractivity contribution in [2.75, 3.05) is 6.54 Å². The third kappa shape index (κ3) is 4.01. The van der Waals surface area contributed by atoms with Crippen LogP contribution in [0.5, 0.6) is 5.75 Å².